The van der Waals surface area contributed by atoms with Gasteiger partial charge in [0.2, 0.25) is 0 Å². The Hall–Kier alpha value is -1.55. The van der Waals surface area contributed by atoms with Gasteiger partial charge in [-0.3, -0.25) is 9.69 Å². The SMILES string of the molecule is CC1=N/C(=C\c2ccc(SC(C)(C)C)cc2)C(=O)N1C. The van der Waals surface area contributed by atoms with E-state index in [0.29, 0.717) is 5.70 Å². The van der Waals surface area contributed by atoms with Gasteiger partial charge in [0.15, 0.2) is 0 Å². The molecule has 106 valence electrons. The lowest BCUT2D eigenvalue weighted by Crippen LogP contribution is -2.25. The molecule has 0 saturated heterocycles. The zero-order valence-corrected chi connectivity index (χ0v) is 13.4. The molecule has 0 aliphatic carbocycles. The van der Waals surface area contributed by atoms with Crippen LogP contribution >= 0.6 is 11.8 Å². The number of aliphatic imine (C=N–C) groups is 1. The van der Waals surface area contributed by atoms with Crippen molar-refractivity contribution in [2.24, 2.45) is 4.99 Å². The van der Waals surface area contributed by atoms with Gasteiger partial charge >= 0.3 is 0 Å². The molecule has 0 saturated carbocycles. The summed E-state index contributed by atoms with van der Waals surface area (Å²) < 4.78 is 0.200. The molecule has 1 aliphatic rings. The lowest BCUT2D eigenvalue weighted by molar-refractivity contribution is -0.121. The number of thioether (sulfide) groups is 1. The molecule has 0 radical (unpaired) electrons. The van der Waals surface area contributed by atoms with E-state index in [9.17, 15) is 4.79 Å². The maximum atomic E-state index is 11.9. The molecule has 3 nitrogen and oxygen atoms in total. The van der Waals surface area contributed by atoms with Crippen LogP contribution in [0.1, 0.15) is 33.3 Å². The van der Waals surface area contributed by atoms with Gasteiger partial charge in [0, 0.05) is 16.7 Å². The lowest BCUT2D eigenvalue weighted by Gasteiger charge is -2.17. The molecule has 0 fully saturated rings. The molecule has 1 aromatic carbocycles. The van der Waals surface area contributed by atoms with Crippen molar-refractivity contribution in [2.45, 2.75) is 37.3 Å². The van der Waals surface area contributed by atoms with Crippen molar-refractivity contribution in [1.82, 2.24) is 4.90 Å². The van der Waals surface area contributed by atoms with Crippen LogP contribution in [-0.4, -0.2) is 28.4 Å². The van der Waals surface area contributed by atoms with Crippen molar-refractivity contribution in [3.63, 3.8) is 0 Å². The minimum Gasteiger partial charge on any atom is -0.298 e. The number of hydrogen-bond donors (Lipinski definition) is 0. The van der Waals surface area contributed by atoms with E-state index in [2.05, 4.69) is 37.9 Å². The molecule has 4 heteroatoms. The number of carbonyl (C=O) groups excluding carboxylic acids is 1. The van der Waals surface area contributed by atoms with Gasteiger partial charge < -0.3 is 0 Å². The summed E-state index contributed by atoms with van der Waals surface area (Å²) in [5, 5.41) is 0. The first kappa shape index (κ1) is 14.9. The van der Waals surface area contributed by atoms with Crippen LogP contribution in [-0.2, 0) is 4.79 Å². The molecule has 1 amide bonds. The number of benzene rings is 1. The minimum atomic E-state index is -0.0457. The molecule has 2 rings (SSSR count). The third-order valence-electron chi connectivity index (χ3n) is 2.90. The fraction of sp³-hybridized carbons (Fsp3) is 0.375. The van der Waals surface area contributed by atoms with Crippen molar-refractivity contribution < 1.29 is 4.79 Å². The van der Waals surface area contributed by atoms with Gasteiger partial charge in [-0.1, -0.05) is 32.9 Å². The Bertz CT molecular complexity index is 579. The van der Waals surface area contributed by atoms with Crippen LogP contribution in [0.2, 0.25) is 0 Å². The number of nitrogens with zero attached hydrogens (tertiary/aromatic N) is 2. The first-order chi connectivity index (χ1) is 9.26. The zero-order valence-electron chi connectivity index (χ0n) is 12.6. The zero-order chi connectivity index (χ0) is 14.9. The van der Waals surface area contributed by atoms with E-state index in [4.69, 9.17) is 0 Å². The highest BCUT2D eigenvalue weighted by molar-refractivity contribution is 8.00. The summed E-state index contributed by atoms with van der Waals surface area (Å²) in [5.74, 6) is 0.691. The summed E-state index contributed by atoms with van der Waals surface area (Å²) in [5.41, 5.74) is 1.50. The minimum absolute atomic E-state index is 0.0457. The third kappa shape index (κ3) is 3.51. The average Bonchev–Trinajstić information content (AvgIpc) is 2.58. The molecule has 1 heterocycles. The molecule has 0 unspecified atom stereocenters. The van der Waals surface area contributed by atoms with E-state index >= 15 is 0 Å². The monoisotopic (exact) mass is 288 g/mol. The van der Waals surface area contributed by atoms with Crippen LogP contribution < -0.4 is 0 Å². The normalized spacial score (nSPS) is 17.9. The maximum Gasteiger partial charge on any atom is 0.277 e. The van der Waals surface area contributed by atoms with E-state index < -0.39 is 0 Å². The molecule has 0 N–H and O–H groups in total. The predicted molar refractivity (Wildman–Crippen MR) is 85.9 cm³/mol. The number of amides is 1. The van der Waals surface area contributed by atoms with Crippen LogP contribution in [0.5, 0.6) is 0 Å². The molecule has 20 heavy (non-hydrogen) atoms. The summed E-state index contributed by atoms with van der Waals surface area (Å²) in [4.78, 5) is 19.0. The molecule has 0 aromatic heterocycles. The lowest BCUT2D eigenvalue weighted by atomic mass is 10.2. The molecule has 0 bridgehead atoms. The van der Waals surface area contributed by atoms with Crippen LogP contribution in [0.3, 0.4) is 0 Å². The Morgan fingerprint density at radius 1 is 1.20 bits per heavy atom. The highest BCUT2D eigenvalue weighted by Crippen LogP contribution is 2.32. The Kier molecular flexibility index (Phi) is 4.04. The molecular weight excluding hydrogens is 268 g/mol. The fourth-order valence-electron chi connectivity index (χ4n) is 1.85. The summed E-state index contributed by atoms with van der Waals surface area (Å²) in [6.45, 7) is 8.41. The number of carbonyl (C=O) groups is 1. The van der Waals surface area contributed by atoms with Gasteiger partial charge in [0.05, 0.1) is 0 Å². The van der Waals surface area contributed by atoms with Crippen molar-refractivity contribution in [3.8, 4) is 0 Å². The Balaban J connectivity index is 2.18. The highest BCUT2D eigenvalue weighted by Gasteiger charge is 2.23. The molecular formula is C16H20N2OS. The van der Waals surface area contributed by atoms with Crippen LogP contribution in [0, 0.1) is 0 Å². The van der Waals surface area contributed by atoms with E-state index in [0.717, 1.165) is 11.4 Å². The number of likely N-dealkylation sites (N-methyl/N-ethyl adjacent to an activating group) is 1. The second-order valence-corrected chi connectivity index (χ2v) is 7.74. The Morgan fingerprint density at radius 2 is 1.80 bits per heavy atom. The standard InChI is InChI=1S/C16H20N2OS/c1-11-17-14(15(19)18(11)5)10-12-6-8-13(9-7-12)20-16(2,3)4/h6-10H,1-5H3/b14-10-. The van der Waals surface area contributed by atoms with E-state index in [-0.39, 0.29) is 10.7 Å². The molecule has 0 spiro atoms. The van der Waals surface area contributed by atoms with Crippen LogP contribution in [0.4, 0.5) is 0 Å². The first-order valence-electron chi connectivity index (χ1n) is 6.60. The largest absolute Gasteiger partial charge is 0.298 e. The number of amidine groups is 1. The highest BCUT2D eigenvalue weighted by atomic mass is 32.2. The average molecular weight is 288 g/mol. The predicted octanol–water partition coefficient (Wildman–Crippen LogP) is 3.81. The number of rotatable bonds is 2. The van der Waals surface area contributed by atoms with E-state index in [1.54, 1.807) is 11.9 Å². The Labute approximate surface area is 124 Å². The quantitative estimate of drug-likeness (QED) is 0.612. The van der Waals surface area contributed by atoms with Gasteiger partial charge in [0.25, 0.3) is 5.91 Å². The summed E-state index contributed by atoms with van der Waals surface area (Å²) in [6.07, 6.45) is 1.83. The smallest absolute Gasteiger partial charge is 0.277 e. The summed E-state index contributed by atoms with van der Waals surface area (Å²) in [7, 11) is 1.74. The Morgan fingerprint density at radius 3 is 2.25 bits per heavy atom. The fourth-order valence-corrected chi connectivity index (χ4v) is 2.83. The van der Waals surface area contributed by atoms with Gasteiger partial charge in [-0.25, -0.2) is 4.99 Å². The van der Waals surface area contributed by atoms with Crippen molar-refractivity contribution in [2.75, 3.05) is 7.05 Å². The number of hydrogen-bond acceptors (Lipinski definition) is 3. The van der Waals surface area contributed by atoms with E-state index in [1.165, 1.54) is 4.90 Å². The third-order valence-corrected chi connectivity index (χ3v) is 4.02. The van der Waals surface area contributed by atoms with Gasteiger partial charge in [-0.05, 0) is 30.7 Å². The summed E-state index contributed by atoms with van der Waals surface area (Å²) in [6, 6.07) is 8.22. The van der Waals surface area contributed by atoms with Crippen molar-refractivity contribution in [1.29, 1.82) is 0 Å². The van der Waals surface area contributed by atoms with Gasteiger partial charge in [-0.15, -0.1) is 11.8 Å². The van der Waals surface area contributed by atoms with E-state index in [1.807, 2.05) is 36.9 Å². The maximum absolute atomic E-state index is 11.9. The van der Waals surface area contributed by atoms with Crippen molar-refractivity contribution >= 4 is 29.6 Å². The van der Waals surface area contributed by atoms with Crippen molar-refractivity contribution in [3.05, 3.63) is 35.5 Å². The van der Waals surface area contributed by atoms with Gasteiger partial charge in [-0.2, -0.15) is 0 Å². The molecule has 0 atom stereocenters. The second kappa shape index (κ2) is 5.44. The summed E-state index contributed by atoms with van der Waals surface area (Å²) >= 11 is 1.83. The molecule has 1 aromatic rings. The topological polar surface area (TPSA) is 32.7 Å². The second-order valence-electron chi connectivity index (χ2n) is 5.84. The van der Waals surface area contributed by atoms with Gasteiger partial charge in [0.1, 0.15) is 11.5 Å². The molecule has 1 aliphatic heterocycles. The van der Waals surface area contributed by atoms with Crippen LogP contribution in [0.15, 0.2) is 39.9 Å². The van der Waals surface area contributed by atoms with Crippen LogP contribution in [0.25, 0.3) is 6.08 Å². The first-order valence-corrected chi connectivity index (χ1v) is 7.42.